The first-order valence-corrected chi connectivity index (χ1v) is 11.8. The van der Waals surface area contributed by atoms with Crippen LogP contribution in [-0.4, -0.2) is 77.4 Å². The number of carbonyl (C=O) groups excluding carboxylic acids is 2. The van der Waals surface area contributed by atoms with Crippen molar-refractivity contribution >= 4 is 22.1 Å². The third-order valence-electron chi connectivity index (χ3n) is 7.77. The molecule has 4 bridgehead atoms. The lowest BCUT2D eigenvalue weighted by Gasteiger charge is -2.62. The fraction of sp³-hybridized carbons (Fsp3) is 0.889. The summed E-state index contributed by atoms with van der Waals surface area (Å²) in [5, 5.41) is 4.82. The first-order valence-electron chi connectivity index (χ1n) is 10.3. The Morgan fingerprint density at radius 1 is 1.09 bits per heavy atom. The molecule has 0 aromatic heterocycles. The second-order valence-corrected chi connectivity index (χ2v) is 11.1. The molecule has 7 aliphatic rings. The van der Waals surface area contributed by atoms with Crippen LogP contribution in [0.5, 0.6) is 0 Å². The summed E-state index contributed by atoms with van der Waals surface area (Å²) in [6.07, 6.45) is -3.09. The topological polar surface area (TPSA) is 155 Å². The molecule has 7 fully saturated rings. The number of rotatable bonds is 3. The van der Waals surface area contributed by atoms with Crippen molar-refractivity contribution in [2.75, 3.05) is 0 Å². The highest BCUT2D eigenvalue weighted by Gasteiger charge is 2.73. The van der Waals surface area contributed by atoms with E-state index in [9.17, 15) is 31.9 Å². The van der Waals surface area contributed by atoms with Crippen molar-refractivity contribution < 1.29 is 60.1 Å². The normalized spacial score (nSPS) is 51.1. The number of aliphatic hydroxyl groups is 1. The van der Waals surface area contributed by atoms with Crippen LogP contribution in [0.25, 0.3) is 0 Å². The quantitative estimate of drug-likeness (QED) is 0.403. The molecule has 7 unspecified atom stereocenters. The Morgan fingerprint density at radius 3 is 2.38 bits per heavy atom. The van der Waals surface area contributed by atoms with E-state index in [4.69, 9.17) is 28.2 Å². The molecule has 0 radical (unpaired) electrons. The van der Waals surface area contributed by atoms with Crippen molar-refractivity contribution in [1.82, 2.24) is 0 Å². The number of fused-ring (bicyclic) bond motifs is 3. The molecule has 7 atom stereocenters. The van der Waals surface area contributed by atoms with Gasteiger partial charge in [0.1, 0.15) is 11.7 Å². The van der Waals surface area contributed by atoms with Gasteiger partial charge in [0.05, 0.1) is 0 Å². The number of hydrogen-bond donors (Lipinski definition) is 2. The summed E-state index contributed by atoms with van der Waals surface area (Å²) in [5.74, 6) is -4.97. The van der Waals surface area contributed by atoms with Crippen LogP contribution in [0.3, 0.4) is 0 Å². The van der Waals surface area contributed by atoms with Gasteiger partial charge in [0, 0.05) is 11.8 Å². The van der Waals surface area contributed by atoms with Crippen LogP contribution in [-0.2, 0) is 43.4 Å². The van der Waals surface area contributed by atoms with E-state index in [2.05, 4.69) is 0 Å². The molecule has 0 aromatic rings. The molecule has 3 heterocycles. The molecule has 14 heteroatoms. The van der Waals surface area contributed by atoms with Gasteiger partial charge in [0.15, 0.2) is 30.4 Å². The van der Waals surface area contributed by atoms with Gasteiger partial charge in [-0.3, -0.25) is 4.55 Å². The van der Waals surface area contributed by atoms with Gasteiger partial charge >= 0.3 is 27.3 Å². The lowest BCUT2D eigenvalue weighted by Crippen LogP contribution is -2.66. The maximum absolute atomic E-state index is 13.8. The number of aliphatic hydroxyl groups excluding tert-OH is 1. The van der Waals surface area contributed by atoms with Crippen LogP contribution < -0.4 is 0 Å². The molecule has 0 amide bonds. The molecule has 4 aliphatic carbocycles. The number of hydrogen-bond acceptors (Lipinski definition) is 10. The number of esters is 2. The van der Waals surface area contributed by atoms with Crippen molar-refractivity contribution in [2.24, 2.45) is 17.8 Å². The third kappa shape index (κ3) is 2.59. The van der Waals surface area contributed by atoms with Crippen molar-refractivity contribution in [3.8, 4) is 0 Å². The van der Waals surface area contributed by atoms with Crippen LogP contribution in [0.2, 0.25) is 0 Å². The van der Waals surface area contributed by atoms with Crippen LogP contribution >= 0.6 is 0 Å². The number of alkyl halides is 2. The van der Waals surface area contributed by atoms with E-state index < -0.39 is 69.4 Å². The minimum absolute atomic E-state index is 0.0257. The Balaban J connectivity index is 1.24. The van der Waals surface area contributed by atoms with Crippen molar-refractivity contribution in [2.45, 2.75) is 79.5 Å². The molecule has 7 rings (SSSR count). The summed E-state index contributed by atoms with van der Waals surface area (Å²) in [6.45, 7) is 0. The van der Waals surface area contributed by atoms with Gasteiger partial charge in [-0.1, -0.05) is 0 Å². The van der Waals surface area contributed by atoms with Gasteiger partial charge in [0.2, 0.25) is 0 Å². The third-order valence-corrected chi connectivity index (χ3v) is 8.59. The van der Waals surface area contributed by atoms with Crippen molar-refractivity contribution in [3.05, 3.63) is 0 Å². The van der Waals surface area contributed by atoms with Crippen molar-refractivity contribution in [1.29, 1.82) is 0 Å². The Labute approximate surface area is 180 Å². The summed E-state index contributed by atoms with van der Waals surface area (Å²) >= 11 is 0. The van der Waals surface area contributed by atoms with Gasteiger partial charge in [-0.2, -0.15) is 17.2 Å². The summed E-state index contributed by atoms with van der Waals surface area (Å²) in [4.78, 5) is 23.7. The van der Waals surface area contributed by atoms with E-state index in [0.717, 1.165) is 0 Å². The predicted octanol–water partition coefficient (Wildman–Crippen LogP) is -0.288. The van der Waals surface area contributed by atoms with E-state index in [1.165, 1.54) is 0 Å². The van der Waals surface area contributed by atoms with Gasteiger partial charge in [-0.15, -0.1) is 0 Å². The Hall–Kier alpha value is -1.45. The molecule has 1 spiro atoms. The molecule has 3 aliphatic heterocycles. The lowest BCUT2D eigenvalue weighted by molar-refractivity contribution is -0.343. The molecule has 32 heavy (non-hydrogen) atoms. The molecule has 0 aromatic carbocycles. The molecule has 4 saturated carbocycles. The van der Waals surface area contributed by atoms with Crippen LogP contribution in [0, 0.1) is 17.8 Å². The largest absolute Gasteiger partial charge is 0.465 e. The maximum Gasteiger partial charge on any atom is 0.465 e. The molecule has 178 valence electrons. The van der Waals surface area contributed by atoms with E-state index in [1.807, 2.05) is 0 Å². The monoisotopic (exact) mass is 482 g/mol. The zero-order chi connectivity index (χ0) is 22.8. The second kappa shape index (κ2) is 6.16. The Kier molecular flexibility index (Phi) is 4.06. The first kappa shape index (κ1) is 21.1. The minimum atomic E-state index is -5.97. The Morgan fingerprint density at radius 2 is 1.75 bits per heavy atom. The van der Waals surface area contributed by atoms with Crippen molar-refractivity contribution in [3.63, 3.8) is 0 Å². The summed E-state index contributed by atoms with van der Waals surface area (Å²) in [6, 6.07) is 0. The zero-order valence-electron chi connectivity index (χ0n) is 16.4. The summed E-state index contributed by atoms with van der Waals surface area (Å²) in [5.41, 5.74) is -1.32. The molecule has 3 saturated heterocycles. The summed E-state index contributed by atoms with van der Waals surface area (Å²) < 4.78 is 86.6. The minimum Gasteiger partial charge on any atom is -0.454 e. The molecular formula is C18H20F2O11S. The van der Waals surface area contributed by atoms with E-state index in [1.54, 1.807) is 0 Å². The number of halogens is 2. The molecule has 11 nitrogen and oxygen atoms in total. The van der Waals surface area contributed by atoms with Gasteiger partial charge in [-0.25, -0.2) is 9.59 Å². The van der Waals surface area contributed by atoms with E-state index in [0.29, 0.717) is 19.3 Å². The summed E-state index contributed by atoms with van der Waals surface area (Å²) in [7, 11) is -5.97. The van der Waals surface area contributed by atoms with E-state index >= 15 is 0 Å². The standard InChI is InChI=1S/C18H20F2O11S/c19-18(20,32(24,25)26)15(23)31-16-3-6-1-7(4-16)17(8(2-6)5-16)29-12-11-10(28-14(12)30-17)9(21)13(22)27-11/h6-12,14,21H,1-5H2,(H,24,25,26). The maximum atomic E-state index is 13.8. The van der Waals surface area contributed by atoms with E-state index in [-0.39, 0.29) is 30.6 Å². The fourth-order valence-electron chi connectivity index (χ4n) is 6.74. The zero-order valence-corrected chi connectivity index (χ0v) is 17.2. The number of carbonyl (C=O) groups is 2. The predicted molar refractivity (Wildman–Crippen MR) is 92.1 cm³/mol. The highest BCUT2D eigenvalue weighted by Crippen LogP contribution is 2.65. The second-order valence-electron chi connectivity index (χ2n) is 9.65. The average Bonchev–Trinajstić information content (AvgIpc) is 3.28. The smallest absolute Gasteiger partial charge is 0.454 e. The SMILES string of the molecule is O=C1OC2C3OC4(OC3OC2C1O)C1CC2CC4CC(OC(=O)C(F)(F)S(=O)(=O)O)(C2)C1. The molecular weight excluding hydrogens is 462 g/mol. The Bertz CT molecular complexity index is 983. The van der Waals surface area contributed by atoms with Crippen LogP contribution in [0.15, 0.2) is 0 Å². The molecule has 2 N–H and O–H groups in total. The average molecular weight is 482 g/mol. The lowest BCUT2D eigenvalue weighted by atomic mass is 9.51. The van der Waals surface area contributed by atoms with Gasteiger partial charge in [-0.05, 0) is 38.0 Å². The van der Waals surface area contributed by atoms with Gasteiger partial charge < -0.3 is 28.8 Å². The van der Waals surface area contributed by atoms with Crippen LogP contribution in [0.1, 0.15) is 32.1 Å². The highest BCUT2D eigenvalue weighted by atomic mass is 32.2. The first-order chi connectivity index (χ1) is 14.9. The number of ether oxygens (including phenoxy) is 5. The van der Waals surface area contributed by atoms with Gasteiger partial charge in [0.25, 0.3) is 0 Å². The fourth-order valence-corrected chi connectivity index (χ4v) is 7.00. The van der Waals surface area contributed by atoms with Crippen LogP contribution in [0.4, 0.5) is 8.78 Å². The highest BCUT2D eigenvalue weighted by molar-refractivity contribution is 7.87.